The lowest BCUT2D eigenvalue weighted by atomic mass is 10.1. The molecule has 172 valence electrons. The molecule has 0 saturated heterocycles. The fourth-order valence-corrected chi connectivity index (χ4v) is 4.39. The number of carbonyl (C=O) groups is 1. The number of ether oxygens (including phenoxy) is 1. The van der Waals surface area contributed by atoms with Crippen LogP contribution in [0.1, 0.15) is 35.7 Å². The molecule has 0 saturated carbocycles. The molecule has 0 unspecified atom stereocenters. The third-order valence-electron chi connectivity index (χ3n) is 4.73. The summed E-state index contributed by atoms with van der Waals surface area (Å²) >= 11 is 0. The Balaban J connectivity index is 1.86. The maximum atomic E-state index is 14.8. The number of nitrogens with zero attached hydrogens (tertiary/aromatic N) is 1. The number of sulfonamides is 1. The highest BCUT2D eigenvalue weighted by molar-refractivity contribution is 7.92. The SMILES string of the molecule is CCCS(=O)(=O)Nc1ccc(F)c(C(=O)Nc2cnc3[nH]cc(CCCOC)c3c2)c1F. The zero-order valence-electron chi connectivity index (χ0n) is 17.7. The van der Waals surface area contributed by atoms with Crippen molar-refractivity contribution in [3.8, 4) is 0 Å². The van der Waals surface area contributed by atoms with Gasteiger partial charge in [0, 0.05) is 25.3 Å². The Labute approximate surface area is 184 Å². The van der Waals surface area contributed by atoms with Gasteiger partial charge in [0.15, 0.2) is 5.82 Å². The molecule has 1 aromatic carbocycles. The van der Waals surface area contributed by atoms with Gasteiger partial charge < -0.3 is 15.0 Å². The molecular formula is C21H24F2N4O4S. The van der Waals surface area contributed by atoms with Gasteiger partial charge in [0.1, 0.15) is 17.0 Å². The first-order valence-corrected chi connectivity index (χ1v) is 11.7. The Morgan fingerprint density at radius 3 is 2.78 bits per heavy atom. The molecular weight excluding hydrogens is 442 g/mol. The van der Waals surface area contributed by atoms with E-state index >= 15 is 0 Å². The Hall–Kier alpha value is -3.05. The highest BCUT2D eigenvalue weighted by Gasteiger charge is 2.23. The van der Waals surface area contributed by atoms with E-state index in [0.717, 1.165) is 35.9 Å². The molecule has 2 aromatic heterocycles. The molecule has 3 aromatic rings. The van der Waals surface area contributed by atoms with E-state index in [0.29, 0.717) is 18.7 Å². The maximum Gasteiger partial charge on any atom is 0.261 e. The van der Waals surface area contributed by atoms with Crippen LogP contribution in [0, 0.1) is 11.6 Å². The molecule has 1 amide bonds. The number of amides is 1. The molecule has 32 heavy (non-hydrogen) atoms. The van der Waals surface area contributed by atoms with Crippen molar-refractivity contribution < 1.29 is 26.7 Å². The third kappa shape index (κ3) is 5.40. The Bertz CT molecular complexity index is 1230. The summed E-state index contributed by atoms with van der Waals surface area (Å²) in [6.45, 7) is 2.24. The average molecular weight is 467 g/mol. The molecule has 2 heterocycles. The molecule has 0 aliphatic rings. The summed E-state index contributed by atoms with van der Waals surface area (Å²) in [5.41, 5.74) is 0.428. The number of aromatic amines is 1. The summed E-state index contributed by atoms with van der Waals surface area (Å²) in [4.78, 5) is 19.9. The zero-order valence-corrected chi connectivity index (χ0v) is 18.5. The van der Waals surface area contributed by atoms with E-state index in [1.807, 2.05) is 6.20 Å². The summed E-state index contributed by atoms with van der Waals surface area (Å²) in [6, 6.07) is 3.43. The molecule has 8 nitrogen and oxygen atoms in total. The second-order valence-corrected chi connectivity index (χ2v) is 9.03. The number of H-pyrrole nitrogens is 1. The number of nitrogens with one attached hydrogen (secondary N) is 3. The number of anilines is 2. The van der Waals surface area contributed by atoms with Crippen molar-refractivity contribution in [3.05, 3.63) is 53.4 Å². The van der Waals surface area contributed by atoms with Crippen LogP contribution in [0.4, 0.5) is 20.2 Å². The minimum Gasteiger partial charge on any atom is -0.385 e. The van der Waals surface area contributed by atoms with Crippen molar-refractivity contribution in [1.29, 1.82) is 0 Å². The largest absolute Gasteiger partial charge is 0.385 e. The number of carbonyl (C=O) groups excluding carboxylic acids is 1. The second-order valence-electron chi connectivity index (χ2n) is 7.19. The number of rotatable bonds is 10. The molecule has 0 bridgehead atoms. The fraction of sp³-hybridized carbons (Fsp3) is 0.333. The number of methoxy groups -OCH3 is 1. The first kappa shape index (κ1) is 23.6. The number of hydrogen-bond acceptors (Lipinski definition) is 5. The van der Waals surface area contributed by atoms with E-state index in [1.54, 1.807) is 20.1 Å². The van der Waals surface area contributed by atoms with Gasteiger partial charge in [-0.25, -0.2) is 22.2 Å². The third-order valence-corrected chi connectivity index (χ3v) is 6.20. The van der Waals surface area contributed by atoms with Crippen LogP contribution >= 0.6 is 0 Å². The minimum absolute atomic E-state index is 0.236. The number of halogens is 2. The summed E-state index contributed by atoms with van der Waals surface area (Å²) in [6.07, 6.45) is 4.99. The van der Waals surface area contributed by atoms with E-state index in [4.69, 9.17) is 4.74 Å². The molecule has 0 radical (unpaired) electrons. The van der Waals surface area contributed by atoms with Crippen molar-refractivity contribution in [1.82, 2.24) is 9.97 Å². The zero-order chi connectivity index (χ0) is 23.3. The standard InChI is InChI=1S/C21H24F2N4O4S/c1-3-9-32(29,30)27-17-7-6-16(22)18(19(17)23)21(28)26-14-10-15-13(5-4-8-31-2)11-24-20(15)25-12-14/h6-7,10-12,27H,3-5,8-9H2,1-2H3,(H,24,25)(H,26,28). The van der Waals surface area contributed by atoms with Gasteiger partial charge in [-0.3, -0.25) is 9.52 Å². The van der Waals surface area contributed by atoms with Crippen molar-refractivity contribution in [2.45, 2.75) is 26.2 Å². The maximum absolute atomic E-state index is 14.8. The van der Waals surface area contributed by atoms with Gasteiger partial charge in [0.05, 0.1) is 23.3 Å². The van der Waals surface area contributed by atoms with Crippen molar-refractivity contribution in [2.24, 2.45) is 0 Å². The number of fused-ring (bicyclic) bond motifs is 1. The summed E-state index contributed by atoms with van der Waals surface area (Å²) in [7, 11) is -2.20. The lowest BCUT2D eigenvalue weighted by Gasteiger charge is -2.12. The molecule has 0 atom stereocenters. The van der Waals surface area contributed by atoms with E-state index in [1.165, 1.54) is 6.20 Å². The Morgan fingerprint density at radius 2 is 2.06 bits per heavy atom. The number of aromatic nitrogens is 2. The summed E-state index contributed by atoms with van der Waals surface area (Å²) in [5.74, 6) is -3.71. The lowest BCUT2D eigenvalue weighted by Crippen LogP contribution is -2.20. The van der Waals surface area contributed by atoms with Crippen molar-refractivity contribution >= 4 is 38.3 Å². The van der Waals surface area contributed by atoms with Crippen LogP contribution in [0.3, 0.4) is 0 Å². The summed E-state index contributed by atoms with van der Waals surface area (Å²) in [5, 5.41) is 3.20. The molecule has 3 N–H and O–H groups in total. The number of pyridine rings is 1. The van der Waals surface area contributed by atoms with Crippen molar-refractivity contribution in [3.63, 3.8) is 0 Å². The second kappa shape index (κ2) is 10.0. The molecule has 11 heteroatoms. The molecule has 0 aliphatic heterocycles. The quantitative estimate of drug-likeness (QED) is 0.393. The first-order chi connectivity index (χ1) is 15.3. The van der Waals surface area contributed by atoms with Crippen LogP contribution in [0.5, 0.6) is 0 Å². The highest BCUT2D eigenvalue weighted by Crippen LogP contribution is 2.25. The first-order valence-electron chi connectivity index (χ1n) is 10.0. The predicted molar refractivity (Wildman–Crippen MR) is 118 cm³/mol. The minimum atomic E-state index is -3.82. The van der Waals surface area contributed by atoms with Gasteiger partial charge in [-0.05, 0) is 43.0 Å². The number of hydrogen-bond donors (Lipinski definition) is 3. The van der Waals surface area contributed by atoms with Gasteiger partial charge >= 0.3 is 0 Å². The Morgan fingerprint density at radius 1 is 1.28 bits per heavy atom. The van der Waals surface area contributed by atoms with Crippen molar-refractivity contribution in [2.75, 3.05) is 29.5 Å². The van der Waals surface area contributed by atoms with Gasteiger partial charge in [0.25, 0.3) is 5.91 Å². The van der Waals surface area contributed by atoms with Crippen LogP contribution in [0.2, 0.25) is 0 Å². The fourth-order valence-electron chi connectivity index (χ4n) is 3.26. The molecule has 0 spiro atoms. The van der Waals surface area contributed by atoms with Gasteiger partial charge in [0.2, 0.25) is 10.0 Å². The molecule has 0 aliphatic carbocycles. The van der Waals surface area contributed by atoms with Crippen LogP contribution in [-0.4, -0.2) is 43.8 Å². The van der Waals surface area contributed by atoms with Crippen LogP contribution in [-0.2, 0) is 21.2 Å². The van der Waals surface area contributed by atoms with Gasteiger partial charge in [-0.15, -0.1) is 0 Å². The van der Waals surface area contributed by atoms with Crippen LogP contribution in [0.15, 0.2) is 30.6 Å². The van der Waals surface area contributed by atoms with Crippen LogP contribution < -0.4 is 10.0 Å². The average Bonchev–Trinajstić information content (AvgIpc) is 3.13. The van der Waals surface area contributed by atoms with Gasteiger partial charge in [-0.2, -0.15) is 0 Å². The van der Waals surface area contributed by atoms with E-state index in [9.17, 15) is 22.0 Å². The summed E-state index contributed by atoms with van der Waals surface area (Å²) < 4.78 is 60.1. The Kier molecular flexibility index (Phi) is 7.41. The number of aryl methyl sites for hydroxylation is 1. The van der Waals surface area contributed by atoms with Crippen LogP contribution in [0.25, 0.3) is 11.0 Å². The van der Waals surface area contributed by atoms with Gasteiger partial charge in [-0.1, -0.05) is 6.92 Å². The molecule has 3 rings (SSSR count). The lowest BCUT2D eigenvalue weighted by molar-refractivity contribution is 0.101. The van der Waals surface area contributed by atoms with E-state index in [2.05, 4.69) is 20.0 Å². The predicted octanol–water partition coefficient (Wildman–Crippen LogP) is 3.82. The van der Waals surface area contributed by atoms with E-state index < -0.39 is 38.8 Å². The smallest absolute Gasteiger partial charge is 0.261 e. The normalized spacial score (nSPS) is 11.6. The number of benzene rings is 1. The molecule has 0 fully saturated rings. The monoisotopic (exact) mass is 466 g/mol. The van der Waals surface area contributed by atoms with E-state index in [-0.39, 0.29) is 11.4 Å². The highest BCUT2D eigenvalue weighted by atomic mass is 32.2. The topological polar surface area (TPSA) is 113 Å².